The van der Waals surface area contributed by atoms with Gasteiger partial charge in [-0.3, -0.25) is 4.79 Å². The van der Waals surface area contributed by atoms with E-state index >= 15 is 0 Å². The van der Waals surface area contributed by atoms with Crippen LogP contribution in [-0.4, -0.2) is 35.1 Å². The average Bonchev–Trinajstić information content (AvgIpc) is 2.26. The highest BCUT2D eigenvalue weighted by molar-refractivity contribution is 9.10. The van der Waals surface area contributed by atoms with Crippen molar-refractivity contribution >= 4 is 27.5 Å². The molecule has 4 nitrogen and oxygen atoms in total. The van der Waals surface area contributed by atoms with E-state index in [-0.39, 0.29) is 5.91 Å². The van der Waals surface area contributed by atoms with E-state index in [1.165, 1.54) is 0 Å². The van der Waals surface area contributed by atoms with Crippen molar-refractivity contribution in [3.05, 3.63) is 28.2 Å². The molecule has 5 heteroatoms. The van der Waals surface area contributed by atoms with E-state index in [4.69, 9.17) is 5.73 Å². The first kappa shape index (κ1) is 12.4. The maximum absolute atomic E-state index is 12.2. The number of halogens is 1. The lowest BCUT2D eigenvalue weighted by atomic mass is 10.1. The zero-order chi connectivity index (χ0) is 12.4. The number of amides is 1. The molecule has 1 heterocycles. The third-order valence-electron chi connectivity index (χ3n) is 2.85. The third-order valence-corrected chi connectivity index (χ3v) is 3.31. The molecule has 0 saturated carbocycles. The fourth-order valence-corrected chi connectivity index (χ4v) is 2.57. The molecule has 17 heavy (non-hydrogen) atoms. The van der Waals surface area contributed by atoms with Gasteiger partial charge < -0.3 is 15.7 Å². The molecule has 0 aliphatic carbocycles. The van der Waals surface area contributed by atoms with Crippen LogP contribution in [0, 0.1) is 0 Å². The Hall–Kier alpha value is -1.07. The van der Waals surface area contributed by atoms with Gasteiger partial charge in [0.2, 0.25) is 0 Å². The molecule has 1 saturated heterocycles. The summed E-state index contributed by atoms with van der Waals surface area (Å²) >= 11 is 3.32. The normalized spacial score (nSPS) is 20.4. The molecule has 0 radical (unpaired) electrons. The molecule has 0 aromatic heterocycles. The quantitative estimate of drug-likeness (QED) is 0.775. The molecular formula is C12H15BrN2O2. The van der Waals surface area contributed by atoms with E-state index in [1.807, 2.05) is 0 Å². The molecule has 0 spiro atoms. The number of rotatable bonds is 1. The van der Waals surface area contributed by atoms with E-state index < -0.39 is 6.10 Å². The number of aliphatic hydroxyl groups excluding tert-OH is 1. The van der Waals surface area contributed by atoms with Crippen LogP contribution in [0.15, 0.2) is 22.7 Å². The Bertz CT molecular complexity index is 416. The SMILES string of the molecule is Nc1cc(Br)cc(C(=O)N2CCC[C@H](O)C2)c1. The van der Waals surface area contributed by atoms with Crippen molar-refractivity contribution in [2.24, 2.45) is 0 Å². The predicted octanol–water partition coefficient (Wildman–Crippen LogP) is 1.63. The largest absolute Gasteiger partial charge is 0.399 e. The van der Waals surface area contributed by atoms with Crippen LogP contribution in [0.2, 0.25) is 0 Å². The zero-order valence-corrected chi connectivity index (χ0v) is 11.0. The van der Waals surface area contributed by atoms with Crippen molar-refractivity contribution in [1.29, 1.82) is 0 Å². The van der Waals surface area contributed by atoms with Crippen LogP contribution in [0.25, 0.3) is 0 Å². The van der Waals surface area contributed by atoms with E-state index in [2.05, 4.69) is 15.9 Å². The lowest BCUT2D eigenvalue weighted by Crippen LogP contribution is -2.42. The van der Waals surface area contributed by atoms with Gasteiger partial charge in [0.1, 0.15) is 0 Å². The number of β-amino-alcohol motifs (C(OH)–C–C–N with tert-alkyl or cyclic N) is 1. The summed E-state index contributed by atoms with van der Waals surface area (Å²) < 4.78 is 0.790. The smallest absolute Gasteiger partial charge is 0.254 e. The number of aliphatic hydroxyl groups is 1. The fraction of sp³-hybridized carbons (Fsp3) is 0.417. The van der Waals surface area contributed by atoms with Gasteiger partial charge in [-0.15, -0.1) is 0 Å². The summed E-state index contributed by atoms with van der Waals surface area (Å²) in [6.45, 7) is 1.10. The summed E-state index contributed by atoms with van der Waals surface area (Å²) in [4.78, 5) is 13.9. The van der Waals surface area contributed by atoms with Crippen LogP contribution in [-0.2, 0) is 0 Å². The van der Waals surface area contributed by atoms with Crippen molar-refractivity contribution in [1.82, 2.24) is 4.90 Å². The molecule has 1 amide bonds. The second-order valence-electron chi connectivity index (χ2n) is 4.32. The Balaban J connectivity index is 2.18. The Morgan fingerprint density at radius 1 is 1.47 bits per heavy atom. The van der Waals surface area contributed by atoms with Crippen molar-refractivity contribution in [2.75, 3.05) is 18.8 Å². The summed E-state index contributed by atoms with van der Waals surface area (Å²) in [6, 6.07) is 5.16. The van der Waals surface area contributed by atoms with E-state index in [0.29, 0.717) is 24.3 Å². The molecule has 1 atom stereocenters. The number of nitrogens with two attached hydrogens (primary N) is 1. The molecule has 0 bridgehead atoms. The Morgan fingerprint density at radius 2 is 2.24 bits per heavy atom. The summed E-state index contributed by atoms with van der Waals surface area (Å²) in [6.07, 6.45) is 1.21. The lowest BCUT2D eigenvalue weighted by molar-refractivity contribution is 0.0474. The maximum atomic E-state index is 12.2. The van der Waals surface area contributed by atoms with Crippen LogP contribution >= 0.6 is 15.9 Å². The molecule has 92 valence electrons. The average molecular weight is 299 g/mol. The Morgan fingerprint density at radius 3 is 2.88 bits per heavy atom. The van der Waals surface area contributed by atoms with Gasteiger partial charge in [0.25, 0.3) is 5.91 Å². The fourth-order valence-electron chi connectivity index (χ4n) is 2.06. The van der Waals surface area contributed by atoms with Crippen LogP contribution in [0.3, 0.4) is 0 Å². The van der Waals surface area contributed by atoms with Crippen LogP contribution < -0.4 is 5.73 Å². The topological polar surface area (TPSA) is 66.6 Å². The predicted molar refractivity (Wildman–Crippen MR) is 69.7 cm³/mol. The van der Waals surface area contributed by atoms with Crippen LogP contribution in [0.4, 0.5) is 5.69 Å². The Kier molecular flexibility index (Phi) is 3.69. The number of benzene rings is 1. The number of nitrogens with zero attached hydrogens (tertiary/aromatic N) is 1. The van der Waals surface area contributed by atoms with Gasteiger partial charge in [0.15, 0.2) is 0 Å². The first-order valence-electron chi connectivity index (χ1n) is 5.59. The zero-order valence-electron chi connectivity index (χ0n) is 9.40. The van der Waals surface area contributed by atoms with Crippen molar-refractivity contribution < 1.29 is 9.90 Å². The van der Waals surface area contributed by atoms with Gasteiger partial charge in [0.05, 0.1) is 6.10 Å². The minimum Gasteiger partial charge on any atom is -0.399 e. The number of nitrogen functional groups attached to an aromatic ring is 1. The molecule has 1 aliphatic heterocycles. The van der Waals surface area contributed by atoms with Gasteiger partial charge >= 0.3 is 0 Å². The van der Waals surface area contributed by atoms with Crippen molar-refractivity contribution in [3.63, 3.8) is 0 Å². The molecule has 3 N–H and O–H groups in total. The first-order chi connectivity index (χ1) is 8.06. The molecule has 1 aliphatic rings. The van der Waals surface area contributed by atoms with Gasteiger partial charge in [-0.1, -0.05) is 15.9 Å². The first-order valence-corrected chi connectivity index (χ1v) is 6.39. The van der Waals surface area contributed by atoms with Gasteiger partial charge in [-0.25, -0.2) is 0 Å². The highest BCUT2D eigenvalue weighted by Crippen LogP contribution is 2.20. The molecule has 1 fully saturated rings. The lowest BCUT2D eigenvalue weighted by Gasteiger charge is -2.30. The van der Waals surface area contributed by atoms with E-state index in [1.54, 1.807) is 23.1 Å². The van der Waals surface area contributed by atoms with Crippen molar-refractivity contribution in [2.45, 2.75) is 18.9 Å². The maximum Gasteiger partial charge on any atom is 0.254 e. The Labute approximate surface area is 109 Å². The number of piperidine rings is 1. The molecule has 1 aromatic rings. The minimum absolute atomic E-state index is 0.0725. The second-order valence-corrected chi connectivity index (χ2v) is 5.24. The molecule has 0 unspecified atom stereocenters. The van der Waals surface area contributed by atoms with E-state index in [9.17, 15) is 9.90 Å². The standard InChI is InChI=1S/C12H15BrN2O2/c13-9-4-8(5-10(14)6-9)12(17)15-3-1-2-11(16)7-15/h4-6,11,16H,1-3,7,14H2/t11-/m0/s1. The number of carbonyl (C=O) groups excluding carboxylic acids is 1. The molecule has 1 aromatic carbocycles. The number of hydrogen-bond acceptors (Lipinski definition) is 3. The van der Waals surface area contributed by atoms with Crippen molar-refractivity contribution in [3.8, 4) is 0 Å². The van der Waals surface area contributed by atoms with Crippen LogP contribution in [0.5, 0.6) is 0 Å². The third kappa shape index (κ3) is 2.98. The summed E-state index contributed by atoms with van der Waals surface area (Å²) in [5.41, 5.74) is 6.82. The highest BCUT2D eigenvalue weighted by atomic mass is 79.9. The van der Waals surface area contributed by atoms with E-state index in [0.717, 1.165) is 17.3 Å². The highest BCUT2D eigenvalue weighted by Gasteiger charge is 2.23. The summed E-state index contributed by atoms with van der Waals surface area (Å²) in [5, 5.41) is 9.56. The van der Waals surface area contributed by atoms with Crippen LogP contribution in [0.1, 0.15) is 23.2 Å². The number of anilines is 1. The molecule has 2 rings (SSSR count). The van der Waals surface area contributed by atoms with Gasteiger partial charge in [-0.2, -0.15) is 0 Å². The number of carbonyl (C=O) groups is 1. The summed E-state index contributed by atoms with van der Waals surface area (Å²) in [7, 11) is 0. The molecular weight excluding hydrogens is 284 g/mol. The summed E-state index contributed by atoms with van der Waals surface area (Å²) in [5.74, 6) is -0.0725. The number of hydrogen-bond donors (Lipinski definition) is 2. The van der Waals surface area contributed by atoms with Gasteiger partial charge in [-0.05, 0) is 31.0 Å². The monoisotopic (exact) mass is 298 g/mol. The minimum atomic E-state index is -0.405. The van der Waals surface area contributed by atoms with Gasteiger partial charge in [0, 0.05) is 28.8 Å². The second kappa shape index (κ2) is 5.06. The number of likely N-dealkylation sites (tertiary alicyclic amines) is 1.